The summed E-state index contributed by atoms with van der Waals surface area (Å²) >= 11 is 5.61. The Morgan fingerprint density at radius 3 is 2.72 bits per heavy atom. The number of rotatable bonds is 6. The summed E-state index contributed by atoms with van der Waals surface area (Å²) < 4.78 is 14.2. The minimum atomic E-state index is -0.204. The van der Waals surface area contributed by atoms with Crippen molar-refractivity contribution in [2.45, 2.75) is 26.7 Å². The second kappa shape index (κ2) is 9.25. The third kappa shape index (κ3) is 4.63. The van der Waals surface area contributed by atoms with E-state index in [9.17, 15) is 4.79 Å². The topological polar surface area (TPSA) is 65.7 Å². The Kier molecular flexibility index (Phi) is 6.94. The molecule has 0 saturated carbocycles. The predicted molar refractivity (Wildman–Crippen MR) is 128 cm³/mol. The molecule has 0 aliphatic heterocycles. The molecule has 0 bridgehead atoms. The molecule has 3 rings (SSSR count). The lowest BCUT2D eigenvalue weighted by molar-refractivity contribution is 0.309. The average molecular weight is 570 g/mol. The highest BCUT2D eigenvalue weighted by molar-refractivity contribution is 14.1. The summed E-state index contributed by atoms with van der Waals surface area (Å²) in [5, 5.41) is 4.99. The summed E-state index contributed by atoms with van der Waals surface area (Å²) in [4.78, 5) is 17.8. The third-order valence-electron chi connectivity index (χ3n) is 4.21. The van der Waals surface area contributed by atoms with Gasteiger partial charge in [0.25, 0.3) is 5.56 Å². The first-order valence-electron chi connectivity index (χ1n) is 9.12. The van der Waals surface area contributed by atoms with Gasteiger partial charge in [0, 0.05) is 10.4 Å². The van der Waals surface area contributed by atoms with Crippen LogP contribution in [-0.2, 0) is 0 Å². The standard InChI is InChI=1S/C21H21BrIN3O3/c1-5-29-18-9-13(8-16(23)19(18)28-4)11-24-26-20(12(2)3)25-17-7-6-14(22)10-15(17)21(26)27/h6-12H,5H2,1-4H3. The molecule has 8 heteroatoms. The van der Waals surface area contributed by atoms with Gasteiger partial charge in [-0.1, -0.05) is 29.8 Å². The van der Waals surface area contributed by atoms with E-state index in [1.54, 1.807) is 19.4 Å². The van der Waals surface area contributed by atoms with Gasteiger partial charge >= 0.3 is 0 Å². The van der Waals surface area contributed by atoms with Gasteiger partial charge in [0.05, 0.1) is 34.4 Å². The van der Waals surface area contributed by atoms with Crippen LogP contribution in [0.2, 0.25) is 0 Å². The van der Waals surface area contributed by atoms with E-state index in [0.29, 0.717) is 34.8 Å². The maximum absolute atomic E-state index is 13.1. The Balaban J connectivity index is 2.14. The molecule has 2 aromatic carbocycles. The van der Waals surface area contributed by atoms with Crippen LogP contribution in [0.15, 0.2) is 44.7 Å². The van der Waals surface area contributed by atoms with Gasteiger partial charge in [-0.3, -0.25) is 4.79 Å². The second-order valence-corrected chi connectivity index (χ2v) is 8.69. The minimum absolute atomic E-state index is 0.0305. The summed E-state index contributed by atoms with van der Waals surface area (Å²) in [7, 11) is 1.61. The van der Waals surface area contributed by atoms with Crippen LogP contribution >= 0.6 is 38.5 Å². The van der Waals surface area contributed by atoms with Crippen molar-refractivity contribution in [1.82, 2.24) is 9.66 Å². The van der Waals surface area contributed by atoms with Crippen LogP contribution in [0.3, 0.4) is 0 Å². The molecule has 0 unspecified atom stereocenters. The van der Waals surface area contributed by atoms with E-state index in [4.69, 9.17) is 9.47 Å². The summed E-state index contributed by atoms with van der Waals surface area (Å²) in [6, 6.07) is 9.25. The molecule has 0 fully saturated rings. The Bertz CT molecular complexity index is 1140. The van der Waals surface area contributed by atoms with Gasteiger partial charge in [0.15, 0.2) is 11.5 Å². The maximum atomic E-state index is 13.1. The third-order valence-corrected chi connectivity index (χ3v) is 5.50. The fourth-order valence-corrected chi connectivity index (χ4v) is 4.11. The molecular weight excluding hydrogens is 549 g/mol. The first-order chi connectivity index (χ1) is 13.8. The lowest BCUT2D eigenvalue weighted by atomic mass is 10.2. The highest BCUT2D eigenvalue weighted by Crippen LogP contribution is 2.33. The number of hydrogen-bond acceptors (Lipinski definition) is 5. The molecule has 0 aliphatic carbocycles. The van der Waals surface area contributed by atoms with Gasteiger partial charge in [-0.2, -0.15) is 9.78 Å². The van der Waals surface area contributed by atoms with E-state index in [-0.39, 0.29) is 11.5 Å². The Hall–Kier alpha value is -1.94. The molecule has 0 atom stereocenters. The highest BCUT2D eigenvalue weighted by Gasteiger charge is 2.14. The van der Waals surface area contributed by atoms with Crippen molar-refractivity contribution in [2.75, 3.05) is 13.7 Å². The van der Waals surface area contributed by atoms with Gasteiger partial charge in [-0.05, 0) is 65.4 Å². The number of methoxy groups -OCH3 is 1. The zero-order chi connectivity index (χ0) is 21.1. The minimum Gasteiger partial charge on any atom is -0.492 e. The summed E-state index contributed by atoms with van der Waals surface area (Å²) in [5.74, 6) is 1.96. The fourth-order valence-electron chi connectivity index (χ4n) is 2.90. The van der Waals surface area contributed by atoms with Crippen molar-refractivity contribution in [2.24, 2.45) is 5.10 Å². The van der Waals surface area contributed by atoms with E-state index in [0.717, 1.165) is 13.6 Å². The Morgan fingerprint density at radius 2 is 2.07 bits per heavy atom. The molecule has 0 saturated heterocycles. The largest absolute Gasteiger partial charge is 0.492 e. The molecule has 0 radical (unpaired) electrons. The molecule has 29 heavy (non-hydrogen) atoms. The van der Waals surface area contributed by atoms with Crippen molar-refractivity contribution in [3.63, 3.8) is 0 Å². The lowest BCUT2D eigenvalue weighted by Gasteiger charge is -2.13. The van der Waals surface area contributed by atoms with E-state index in [1.807, 2.05) is 45.0 Å². The monoisotopic (exact) mass is 569 g/mol. The normalized spacial score (nSPS) is 11.6. The molecule has 0 N–H and O–H groups in total. The van der Waals surface area contributed by atoms with Gasteiger partial charge in [-0.25, -0.2) is 4.98 Å². The summed E-state index contributed by atoms with van der Waals surface area (Å²) in [5.41, 5.74) is 1.25. The van der Waals surface area contributed by atoms with Gasteiger partial charge in [0.1, 0.15) is 5.82 Å². The van der Waals surface area contributed by atoms with Crippen LogP contribution in [0.5, 0.6) is 11.5 Å². The van der Waals surface area contributed by atoms with Crippen LogP contribution in [0.25, 0.3) is 10.9 Å². The molecule has 6 nitrogen and oxygen atoms in total. The SMILES string of the molecule is CCOc1cc(C=Nn2c(C(C)C)nc3ccc(Br)cc3c2=O)cc(I)c1OC. The molecule has 152 valence electrons. The lowest BCUT2D eigenvalue weighted by Crippen LogP contribution is -2.23. The fraction of sp³-hybridized carbons (Fsp3) is 0.286. The number of aromatic nitrogens is 2. The van der Waals surface area contributed by atoms with Crippen molar-refractivity contribution >= 4 is 55.6 Å². The number of ether oxygens (including phenoxy) is 2. The molecule has 3 aromatic rings. The van der Waals surface area contributed by atoms with Crippen LogP contribution in [0.1, 0.15) is 38.1 Å². The maximum Gasteiger partial charge on any atom is 0.282 e. The van der Waals surface area contributed by atoms with E-state index >= 15 is 0 Å². The number of fused-ring (bicyclic) bond motifs is 1. The van der Waals surface area contributed by atoms with Gasteiger partial charge in [0.2, 0.25) is 0 Å². The number of halogens is 2. The highest BCUT2D eigenvalue weighted by atomic mass is 127. The van der Waals surface area contributed by atoms with Crippen molar-refractivity contribution < 1.29 is 9.47 Å². The number of benzene rings is 2. The zero-order valence-corrected chi connectivity index (χ0v) is 20.3. The van der Waals surface area contributed by atoms with Crippen LogP contribution in [0, 0.1) is 3.57 Å². The van der Waals surface area contributed by atoms with E-state index in [1.165, 1.54) is 4.68 Å². The van der Waals surface area contributed by atoms with E-state index in [2.05, 4.69) is 48.6 Å². The smallest absolute Gasteiger partial charge is 0.282 e. The summed E-state index contributed by atoms with van der Waals surface area (Å²) in [6.07, 6.45) is 1.64. The average Bonchev–Trinajstić information content (AvgIpc) is 2.67. The molecule has 0 aliphatic rings. The zero-order valence-electron chi connectivity index (χ0n) is 16.6. The van der Waals surface area contributed by atoms with E-state index < -0.39 is 0 Å². The Morgan fingerprint density at radius 1 is 1.31 bits per heavy atom. The first-order valence-corrected chi connectivity index (χ1v) is 11.0. The van der Waals surface area contributed by atoms with Crippen molar-refractivity contribution in [3.8, 4) is 11.5 Å². The number of hydrogen-bond donors (Lipinski definition) is 0. The second-order valence-electron chi connectivity index (χ2n) is 6.61. The van der Waals surface area contributed by atoms with Gasteiger partial charge < -0.3 is 9.47 Å². The van der Waals surface area contributed by atoms with Crippen molar-refractivity contribution in [1.29, 1.82) is 0 Å². The molecular formula is C21H21BrIN3O3. The summed E-state index contributed by atoms with van der Waals surface area (Å²) in [6.45, 7) is 6.41. The molecule has 0 spiro atoms. The molecule has 0 amide bonds. The van der Waals surface area contributed by atoms with Crippen molar-refractivity contribution in [3.05, 3.63) is 60.1 Å². The van der Waals surface area contributed by atoms with Crippen LogP contribution < -0.4 is 15.0 Å². The Labute approximate surface area is 191 Å². The number of nitrogens with zero attached hydrogens (tertiary/aromatic N) is 3. The predicted octanol–water partition coefficient (Wildman–Crippen LogP) is 5.18. The quantitative estimate of drug-likeness (QED) is 0.303. The molecule has 1 heterocycles. The van der Waals surface area contributed by atoms with Crippen LogP contribution in [-0.4, -0.2) is 29.6 Å². The first kappa shape index (κ1) is 21.8. The molecule has 1 aromatic heterocycles. The van der Waals surface area contributed by atoms with Crippen LogP contribution in [0.4, 0.5) is 0 Å². The van der Waals surface area contributed by atoms with Gasteiger partial charge in [-0.15, -0.1) is 0 Å².